The smallest absolute Gasteiger partial charge is 0.243 e. The molecule has 0 aromatic heterocycles. The third kappa shape index (κ3) is 4.24. The molecule has 2 saturated heterocycles. The fourth-order valence-corrected chi connectivity index (χ4v) is 7.04. The molecule has 1 atom stereocenters. The van der Waals surface area contributed by atoms with Crippen molar-refractivity contribution in [2.75, 3.05) is 32.8 Å². The summed E-state index contributed by atoms with van der Waals surface area (Å²) in [6, 6.07) is 17.3. The van der Waals surface area contributed by atoms with Gasteiger partial charge in [-0.3, -0.25) is 0 Å². The first-order valence-electron chi connectivity index (χ1n) is 9.52. The van der Waals surface area contributed by atoms with E-state index >= 15 is 0 Å². The molecule has 1 spiro atoms. The van der Waals surface area contributed by atoms with E-state index in [2.05, 4.69) is 0 Å². The summed E-state index contributed by atoms with van der Waals surface area (Å²) in [5.41, 5.74) is -0.0723. The first kappa shape index (κ1) is 20.5. The van der Waals surface area contributed by atoms with Gasteiger partial charge in [-0.05, 0) is 24.1 Å². The third-order valence-corrected chi connectivity index (χ3v) is 9.12. The van der Waals surface area contributed by atoms with Crippen LogP contribution in [0.1, 0.15) is 12.0 Å². The van der Waals surface area contributed by atoms with Gasteiger partial charge in [0.1, 0.15) is 0 Å². The van der Waals surface area contributed by atoms with Gasteiger partial charge in [-0.1, -0.05) is 48.5 Å². The summed E-state index contributed by atoms with van der Waals surface area (Å²) in [5, 5.41) is 0. The Hall–Kier alpha value is -1.78. The Balaban J connectivity index is 1.50. The van der Waals surface area contributed by atoms with Crippen LogP contribution in [0.4, 0.5) is 0 Å². The maximum absolute atomic E-state index is 12.9. The van der Waals surface area contributed by atoms with Crippen LogP contribution in [0, 0.1) is 0 Å². The maximum Gasteiger partial charge on any atom is 0.243 e. The van der Waals surface area contributed by atoms with Crippen LogP contribution in [-0.2, 0) is 30.5 Å². The standard InChI is InChI=1S/C20H24N2O5S2/c23-28(24,15-18-7-3-1-4-8-18)21-13-14-27-20(16-21)11-12-22(17-20)29(25,26)19-9-5-2-6-10-19/h1-10H,11-17H2/t20-/m1/s1. The minimum Gasteiger partial charge on any atom is -0.371 e. The molecule has 2 aromatic carbocycles. The highest BCUT2D eigenvalue weighted by molar-refractivity contribution is 7.89. The van der Waals surface area contributed by atoms with Crippen LogP contribution in [0.2, 0.25) is 0 Å². The molecule has 4 rings (SSSR count). The topological polar surface area (TPSA) is 84.0 Å². The van der Waals surface area contributed by atoms with E-state index in [4.69, 9.17) is 4.74 Å². The highest BCUT2D eigenvalue weighted by atomic mass is 32.2. The minimum atomic E-state index is -3.63. The van der Waals surface area contributed by atoms with Crippen molar-refractivity contribution in [2.45, 2.75) is 22.7 Å². The molecule has 29 heavy (non-hydrogen) atoms. The molecule has 9 heteroatoms. The molecule has 2 aromatic rings. The summed E-state index contributed by atoms with van der Waals surface area (Å²) in [4.78, 5) is 0.237. The highest BCUT2D eigenvalue weighted by Crippen LogP contribution is 2.33. The van der Waals surface area contributed by atoms with Crippen molar-refractivity contribution in [1.82, 2.24) is 8.61 Å². The van der Waals surface area contributed by atoms with Gasteiger partial charge in [0.25, 0.3) is 0 Å². The van der Waals surface area contributed by atoms with Crippen molar-refractivity contribution < 1.29 is 21.6 Å². The maximum atomic E-state index is 12.9. The van der Waals surface area contributed by atoms with Gasteiger partial charge in [-0.25, -0.2) is 16.8 Å². The van der Waals surface area contributed by atoms with E-state index in [9.17, 15) is 16.8 Å². The van der Waals surface area contributed by atoms with Crippen molar-refractivity contribution in [2.24, 2.45) is 0 Å². The quantitative estimate of drug-likeness (QED) is 0.712. The second-order valence-corrected chi connectivity index (χ2v) is 11.4. The lowest BCUT2D eigenvalue weighted by Crippen LogP contribution is -2.55. The summed E-state index contributed by atoms with van der Waals surface area (Å²) >= 11 is 0. The van der Waals surface area contributed by atoms with Crippen LogP contribution in [0.3, 0.4) is 0 Å². The van der Waals surface area contributed by atoms with Crippen molar-refractivity contribution >= 4 is 20.0 Å². The fraction of sp³-hybridized carbons (Fsp3) is 0.400. The predicted octanol–water partition coefficient (Wildman–Crippen LogP) is 1.68. The Labute approximate surface area is 172 Å². The summed E-state index contributed by atoms with van der Waals surface area (Å²) in [6.45, 7) is 1.17. The van der Waals surface area contributed by atoms with Crippen LogP contribution in [-0.4, -0.2) is 63.8 Å². The zero-order valence-electron chi connectivity index (χ0n) is 16.0. The Bertz CT molecular complexity index is 1060. The average molecular weight is 437 g/mol. The Kier molecular flexibility index (Phi) is 5.52. The molecule has 2 fully saturated rings. The number of morpholine rings is 1. The average Bonchev–Trinajstić information content (AvgIpc) is 3.13. The first-order chi connectivity index (χ1) is 13.8. The van der Waals surface area contributed by atoms with Crippen LogP contribution >= 0.6 is 0 Å². The molecule has 156 valence electrons. The normalized spacial score (nSPS) is 24.1. The molecule has 0 radical (unpaired) electrons. The summed E-state index contributed by atoms with van der Waals surface area (Å²) < 4.78 is 60.5. The molecule has 0 saturated carbocycles. The largest absolute Gasteiger partial charge is 0.371 e. The Morgan fingerprint density at radius 3 is 2.14 bits per heavy atom. The molecule has 0 N–H and O–H groups in total. The molecule has 0 unspecified atom stereocenters. The van der Waals surface area contributed by atoms with Crippen LogP contribution < -0.4 is 0 Å². The number of nitrogens with zero attached hydrogens (tertiary/aromatic N) is 2. The monoisotopic (exact) mass is 436 g/mol. The molecule has 0 amide bonds. The lowest BCUT2D eigenvalue weighted by atomic mass is 10.0. The van der Waals surface area contributed by atoms with E-state index in [1.165, 1.54) is 8.61 Å². The molecule has 2 heterocycles. The molecule has 0 bridgehead atoms. The van der Waals surface area contributed by atoms with E-state index < -0.39 is 25.6 Å². The number of sulfonamides is 2. The molecule has 0 aliphatic carbocycles. The van der Waals surface area contributed by atoms with Gasteiger partial charge in [0.2, 0.25) is 20.0 Å². The van der Waals surface area contributed by atoms with Crippen LogP contribution in [0.25, 0.3) is 0 Å². The first-order valence-corrected chi connectivity index (χ1v) is 12.6. The SMILES string of the molecule is O=S(=O)(Cc1ccccc1)N1CCO[C@]2(CCN(S(=O)(=O)c3ccccc3)C2)C1. The number of hydrogen-bond donors (Lipinski definition) is 0. The highest BCUT2D eigenvalue weighted by Gasteiger charge is 2.48. The second-order valence-electron chi connectivity index (χ2n) is 7.51. The van der Waals surface area contributed by atoms with Crippen molar-refractivity contribution in [3.05, 3.63) is 66.2 Å². The van der Waals surface area contributed by atoms with E-state index in [0.29, 0.717) is 13.0 Å². The van der Waals surface area contributed by atoms with Gasteiger partial charge < -0.3 is 4.74 Å². The number of ether oxygens (including phenoxy) is 1. The predicted molar refractivity (Wildman–Crippen MR) is 109 cm³/mol. The van der Waals surface area contributed by atoms with Crippen LogP contribution in [0.5, 0.6) is 0 Å². The molecule has 2 aliphatic heterocycles. The Morgan fingerprint density at radius 1 is 0.828 bits per heavy atom. The van der Waals surface area contributed by atoms with E-state index in [1.807, 2.05) is 18.2 Å². The number of hydrogen-bond acceptors (Lipinski definition) is 5. The lowest BCUT2D eigenvalue weighted by Gasteiger charge is -2.39. The van der Waals surface area contributed by atoms with Gasteiger partial charge in [0, 0.05) is 26.2 Å². The van der Waals surface area contributed by atoms with E-state index in [1.54, 1.807) is 42.5 Å². The zero-order valence-corrected chi connectivity index (χ0v) is 17.6. The van der Waals surface area contributed by atoms with Gasteiger partial charge in [-0.2, -0.15) is 8.61 Å². The molecule has 2 aliphatic rings. The molecule has 7 nitrogen and oxygen atoms in total. The second kappa shape index (κ2) is 7.81. The summed E-state index contributed by atoms with van der Waals surface area (Å²) in [5.74, 6) is -0.0735. The zero-order chi connectivity index (χ0) is 20.5. The fourth-order valence-electron chi connectivity index (χ4n) is 3.93. The van der Waals surface area contributed by atoms with Gasteiger partial charge >= 0.3 is 0 Å². The lowest BCUT2D eigenvalue weighted by molar-refractivity contribution is -0.0781. The summed E-state index contributed by atoms with van der Waals surface area (Å²) in [7, 11) is -7.15. The van der Waals surface area contributed by atoms with Crippen molar-refractivity contribution in [1.29, 1.82) is 0 Å². The number of rotatable bonds is 5. The Morgan fingerprint density at radius 2 is 1.45 bits per heavy atom. The molecular weight excluding hydrogens is 412 g/mol. The molecular formula is C20H24N2O5S2. The van der Waals surface area contributed by atoms with Gasteiger partial charge in [-0.15, -0.1) is 0 Å². The number of benzene rings is 2. The van der Waals surface area contributed by atoms with Crippen molar-refractivity contribution in [3.63, 3.8) is 0 Å². The summed E-state index contributed by atoms with van der Waals surface area (Å²) in [6.07, 6.45) is 0.469. The van der Waals surface area contributed by atoms with Gasteiger partial charge in [0.15, 0.2) is 0 Å². The van der Waals surface area contributed by atoms with E-state index in [-0.39, 0.29) is 36.9 Å². The minimum absolute atomic E-state index is 0.0735. The van der Waals surface area contributed by atoms with Crippen LogP contribution in [0.15, 0.2) is 65.6 Å². The van der Waals surface area contributed by atoms with Gasteiger partial charge in [0.05, 0.1) is 22.9 Å². The van der Waals surface area contributed by atoms with E-state index in [0.717, 1.165) is 5.56 Å². The third-order valence-electron chi connectivity index (χ3n) is 5.46. The van der Waals surface area contributed by atoms with Crippen molar-refractivity contribution in [3.8, 4) is 0 Å².